The van der Waals surface area contributed by atoms with Crippen LogP contribution in [0.25, 0.3) is 11.3 Å². The Hall–Kier alpha value is -2.64. The molecule has 108 valence electrons. The molecule has 0 fully saturated rings. The predicted molar refractivity (Wildman–Crippen MR) is 85.5 cm³/mol. The highest BCUT2D eigenvalue weighted by atomic mass is 35.5. The van der Waals surface area contributed by atoms with Gasteiger partial charge in [-0.25, -0.2) is 4.68 Å². The van der Waals surface area contributed by atoms with Crippen molar-refractivity contribution in [2.45, 2.75) is 13.5 Å². The molecule has 0 aliphatic heterocycles. The minimum Gasteiger partial charge on any atom is -0.239 e. The molecular formula is C17H13ClN4. The van der Waals surface area contributed by atoms with Crippen LogP contribution in [0.4, 0.5) is 0 Å². The van der Waals surface area contributed by atoms with Crippen LogP contribution in [0, 0.1) is 18.3 Å². The van der Waals surface area contributed by atoms with E-state index in [1.165, 1.54) is 5.56 Å². The first-order valence-corrected chi connectivity index (χ1v) is 7.21. The van der Waals surface area contributed by atoms with Crippen molar-refractivity contribution in [3.8, 4) is 17.3 Å². The highest BCUT2D eigenvalue weighted by Crippen LogP contribution is 2.25. The van der Waals surface area contributed by atoms with E-state index in [9.17, 15) is 5.26 Å². The zero-order valence-corrected chi connectivity index (χ0v) is 12.7. The van der Waals surface area contributed by atoms with Gasteiger partial charge in [-0.05, 0) is 30.2 Å². The maximum Gasteiger partial charge on any atom is 0.190 e. The van der Waals surface area contributed by atoms with Gasteiger partial charge in [-0.1, -0.05) is 53.2 Å². The van der Waals surface area contributed by atoms with E-state index in [2.05, 4.69) is 29.4 Å². The maximum atomic E-state index is 9.28. The molecule has 0 aliphatic rings. The van der Waals surface area contributed by atoms with Gasteiger partial charge in [-0.2, -0.15) is 5.26 Å². The normalized spacial score (nSPS) is 10.4. The maximum absolute atomic E-state index is 9.28. The first-order chi connectivity index (χ1) is 10.7. The van der Waals surface area contributed by atoms with Crippen molar-refractivity contribution in [2.75, 3.05) is 0 Å². The minimum absolute atomic E-state index is 0.302. The second-order valence-corrected chi connectivity index (χ2v) is 5.43. The molecule has 0 saturated carbocycles. The third-order valence-electron chi connectivity index (χ3n) is 3.52. The number of nitriles is 1. The summed E-state index contributed by atoms with van der Waals surface area (Å²) in [6.45, 7) is 2.61. The van der Waals surface area contributed by atoms with Crippen molar-refractivity contribution in [3.63, 3.8) is 0 Å². The van der Waals surface area contributed by atoms with E-state index >= 15 is 0 Å². The second-order valence-electron chi connectivity index (χ2n) is 4.99. The lowest BCUT2D eigenvalue weighted by molar-refractivity contribution is 0.653. The van der Waals surface area contributed by atoms with Crippen LogP contribution in [0.2, 0.25) is 5.02 Å². The van der Waals surface area contributed by atoms with Gasteiger partial charge in [0, 0.05) is 10.6 Å². The van der Waals surface area contributed by atoms with Gasteiger partial charge < -0.3 is 0 Å². The van der Waals surface area contributed by atoms with E-state index in [0.717, 1.165) is 11.1 Å². The summed E-state index contributed by atoms with van der Waals surface area (Å²) in [4.78, 5) is 0. The van der Waals surface area contributed by atoms with Crippen LogP contribution in [0.15, 0.2) is 48.5 Å². The molecule has 3 aromatic rings. The summed E-state index contributed by atoms with van der Waals surface area (Å²) in [6, 6.07) is 17.6. The molecule has 22 heavy (non-hydrogen) atoms. The summed E-state index contributed by atoms with van der Waals surface area (Å²) in [7, 11) is 0. The number of hydrogen-bond acceptors (Lipinski definition) is 3. The molecule has 0 N–H and O–H groups in total. The molecule has 2 aromatic carbocycles. The summed E-state index contributed by atoms with van der Waals surface area (Å²) >= 11 is 6.06. The van der Waals surface area contributed by atoms with E-state index in [1.54, 1.807) is 10.7 Å². The molecular weight excluding hydrogens is 296 g/mol. The number of benzene rings is 2. The van der Waals surface area contributed by atoms with E-state index in [1.807, 2.05) is 36.4 Å². The molecule has 0 aliphatic carbocycles. The van der Waals surface area contributed by atoms with Crippen LogP contribution in [0.5, 0.6) is 0 Å². The van der Waals surface area contributed by atoms with E-state index in [-0.39, 0.29) is 0 Å². The fraction of sp³-hybridized carbons (Fsp3) is 0.118. The Bertz CT molecular complexity index is 861. The average molecular weight is 309 g/mol. The van der Waals surface area contributed by atoms with E-state index in [0.29, 0.717) is 23.0 Å². The van der Waals surface area contributed by atoms with Crippen molar-refractivity contribution >= 4 is 11.6 Å². The molecule has 1 aromatic heterocycles. The summed E-state index contributed by atoms with van der Waals surface area (Å²) in [5, 5.41) is 18.0. The molecule has 0 atom stereocenters. The molecule has 5 heteroatoms. The molecule has 0 spiro atoms. The highest BCUT2D eigenvalue weighted by molar-refractivity contribution is 6.30. The molecule has 0 bridgehead atoms. The fourth-order valence-corrected chi connectivity index (χ4v) is 2.56. The van der Waals surface area contributed by atoms with Gasteiger partial charge >= 0.3 is 0 Å². The van der Waals surface area contributed by atoms with Crippen molar-refractivity contribution in [2.24, 2.45) is 0 Å². The highest BCUT2D eigenvalue weighted by Gasteiger charge is 2.15. The SMILES string of the molecule is Cc1ccccc1Cn1nnc(C#N)c1-c1cccc(Cl)c1. The predicted octanol–water partition coefficient (Wildman–Crippen LogP) is 3.83. The number of aryl methyl sites for hydroxylation is 1. The number of rotatable bonds is 3. The van der Waals surface area contributed by atoms with Crippen LogP contribution in [0.3, 0.4) is 0 Å². The van der Waals surface area contributed by atoms with Gasteiger partial charge in [-0.3, -0.25) is 0 Å². The van der Waals surface area contributed by atoms with Crippen LogP contribution in [-0.4, -0.2) is 15.0 Å². The van der Waals surface area contributed by atoms with Crippen LogP contribution < -0.4 is 0 Å². The smallest absolute Gasteiger partial charge is 0.190 e. The Morgan fingerprint density at radius 3 is 2.73 bits per heavy atom. The van der Waals surface area contributed by atoms with E-state index in [4.69, 9.17) is 11.6 Å². The standard InChI is InChI=1S/C17H13ClN4/c1-12-5-2-3-6-14(12)11-22-17(16(10-19)20-21-22)13-7-4-8-15(18)9-13/h2-9H,11H2,1H3. The fourth-order valence-electron chi connectivity index (χ4n) is 2.37. The quantitative estimate of drug-likeness (QED) is 0.739. The Labute approximate surface area is 133 Å². The van der Waals surface area contributed by atoms with Crippen LogP contribution in [-0.2, 0) is 6.54 Å². The van der Waals surface area contributed by atoms with Gasteiger partial charge in [0.1, 0.15) is 11.8 Å². The third kappa shape index (κ3) is 2.72. The second kappa shape index (κ2) is 6.00. The van der Waals surface area contributed by atoms with Crippen LogP contribution >= 0.6 is 11.6 Å². The third-order valence-corrected chi connectivity index (χ3v) is 3.76. The minimum atomic E-state index is 0.302. The largest absolute Gasteiger partial charge is 0.239 e. The van der Waals surface area contributed by atoms with Gasteiger partial charge in [0.05, 0.1) is 6.54 Å². The number of halogens is 1. The summed E-state index contributed by atoms with van der Waals surface area (Å²) in [5.41, 5.74) is 4.14. The molecule has 3 rings (SSSR count). The van der Waals surface area contributed by atoms with Crippen molar-refractivity contribution in [1.29, 1.82) is 5.26 Å². The van der Waals surface area contributed by atoms with Crippen molar-refractivity contribution < 1.29 is 0 Å². The van der Waals surface area contributed by atoms with Crippen LogP contribution in [0.1, 0.15) is 16.8 Å². The Morgan fingerprint density at radius 1 is 1.18 bits per heavy atom. The lowest BCUT2D eigenvalue weighted by Crippen LogP contribution is -2.05. The Kier molecular flexibility index (Phi) is 3.90. The Morgan fingerprint density at radius 2 is 2.00 bits per heavy atom. The lowest BCUT2D eigenvalue weighted by Gasteiger charge is -2.09. The number of aromatic nitrogens is 3. The molecule has 1 heterocycles. The first kappa shape index (κ1) is 14.3. The average Bonchev–Trinajstić information content (AvgIpc) is 2.92. The molecule has 0 unspecified atom stereocenters. The zero-order chi connectivity index (χ0) is 15.5. The molecule has 0 saturated heterocycles. The summed E-state index contributed by atoms with van der Waals surface area (Å²) in [6.07, 6.45) is 0. The summed E-state index contributed by atoms with van der Waals surface area (Å²) in [5.74, 6) is 0. The number of nitrogens with zero attached hydrogens (tertiary/aromatic N) is 4. The summed E-state index contributed by atoms with van der Waals surface area (Å²) < 4.78 is 1.74. The van der Waals surface area contributed by atoms with Gasteiger partial charge in [0.25, 0.3) is 0 Å². The molecule has 0 amide bonds. The number of hydrogen-bond donors (Lipinski definition) is 0. The Balaban J connectivity index is 2.09. The van der Waals surface area contributed by atoms with E-state index < -0.39 is 0 Å². The van der Waals surface area contributed by atoms with Crippen molar-refractivity contribution in [1.82, 2.24) is 15.0 Å². The van der Waals surface area contributed by atoms with Crippen molar-refractivity contribution in [3.05, 3.63) is 70.4 Å². The topological polar surface area (TPSA) is 54.5 Å². The monoisotopic (exact) mass is 308 g/mol. The lowest BCUT2D eigenvalue weighted by atomic mass is 10.1. The molecule has 0 radical (unpaired) electrons. The van der Waals surface area contributed by atoms with Gasteiger partial charge in [-0.15, -0.1) is 5.10 Å². The zero-order valence-electron chi connectivity index (χ0n) is 12.0. The first-order valence-electron chi connectivity index (χ1n) is 6.83. The van der Waals surface area contributed by atoms with Gasteiger partial charge in [0.2, 0.25) is 0 Å². The molecule has 4 nitrogen and oxygen atoms in total. The van der Waals surface area contributed by atoms with Gasteiger partial charge in [0.15, 0.2) is 5.69 Å².